The molecule has 182 valence electrons. The number of pyridine rings is 1. The summed E-state index contributed by atoms with van der Waals surface area (Å²) in [4.78, 5) is 12.2. The SMILES string of the molecule is CCOc1cc(=O)n(C)cc1-c1cc(CCNS(=O)O)ccc1Oc1ccc(C(F)(F)F)cc1. The third kappa shape index (κ3) is 6.46. The maximum Gasteiger partial charge on any atom is 0.416 e. The minimum atomic E-state index is -4.46. The van der Waals surface area contributed by atoms with Crippen LogP contribution >= 0.6 is 0 Å². The Morgan fingerprint density at radius 1 is 1.06 bits per heavy atom. The number of halogens is 3. The average Bonchev–Trinajstić information content (AvgIpc) is 2.77. The second kappa shape index (κ2) is 10.9. The minimum absolute atomic E-state index is 0.196. The highest BCUT2D eigenvalue weighted by molar-refractivity contribution is 7.77. The summed E-state index contributed by atoms with van der Waals surface area (Å²) in [6.07, 6.45) is -2.46. The first kappa shape index (κ1) is 25.5. The molecule has 1 atom stereocenters. The summed E-state index contributed by atoms with van der Waals surface area (Å²) in [5.41, 5.74) is 0.820. The van der Waals surface area contributed by atoms with Crippen molar-refractivity contribution in [3.8, 4) is 28.4 Å². The number of hydrogen-bond acceptors (Lipinski definition) is 4. The van der Waals surface area contributed by atoms with E-state index in [1.807, 2.05) is 0 Å². The van der Waals surface area contributed by atoms with E-state index in [1.54, 1.807) is 38.4 Å². The van der Waals surface area contributed by atoms with E-state index in [4.69, 9.17) is 14.0 Å². The van der Waals surface area contributed by atoms with Gasteiger partial charge in [-0.15, -0.1) is 0 Å². The van der Waals surface area contributed by atoms with Crippen molar-refractivity contribution in [3.63, 3.8) is 0 Å². The molecule has 0 spiro atoms. The van der Waals surface area contributed by atoms with Crippen LogP contribution in [0.2, 0.25) is 0 Å². The standard InChI is InChI=1S/C23H23F3N2O5S/c1-3-32-21-13-22(29)28(2)14-19(21)18-12-15(10-11-27-34(30)31)4-9-20(18)33-17-7-5-16(6-8-17)23(24,25)26/h4-9,12-14,27H,3,10-11H2,1-2H3,(H,30,31). The van der Waals surface area contributed by atoms with E-state index >= 15 is 0 Å². The second-order valence-electron chi connectivity index (χ2n) is 7.28. The molecule has 1 heterocycles. The Morgan fingerprint density at radius 3 is 2.38 bits per heavy atom. The van der Waals surface area contributed by atoms with Gasteiger partial charge in [0.05, 0.1) is 12.2 Å². The molecule has 0 bridgehead atoms. The minimum Gasteiger partial charge on any atom is -0.493 e. The third-order valence-corrected chi connectivity index (χ3v) is 5.32. The lowest BCUT2D eigenvalue weighted by molar-refractivity contribution is -0.137. The van der Waals surface area contributed by atoms with Gasteiger partial charge in [-0.05, 0) is 55.3 Å². The third-order valence-electron chi connectivity index (χ3n) is 4.87. The number of aryl methyl sites for hydroxylation is 1. The average molecular weight is 497 g/mol. The molecule has 0 saturated carbocycles. The maximum absolute atomic E-state index is 12.9. The molecule has 0 radical (unpaired) electrons. The number of hydrogen-bond donors (Lipinski definition) is 2. The first-order valence-electron chi connectivity index (χ1n) is 10.2. The Bertz CT molecular complexity index is 1230. The van der Waals surface area contributed by atoms with Crippen LogP contribution in [0.5, 0.6) is 17.2 Å². The van der Waals surface area contributed by atoms with Gasteiger partial charge in [-0.25, -0.2) is 8.93 Å². The highest BCUT2D eigenvalue weighted by atomic mass is 32.2. The van der Waals surface area contributed by atoms with Crippen LogP contribution in [0, 0.1) is 0 Å². The number of benzene rings is 2. The summed E-state index contributed by atoms with van der Waals surface area (Å²) in [6, 6.07) is 10.8. The van der Waals surface area contributed by atoms with Crippen molar-refractivity contribution < 1.29 is 31.4 Å². The van der Waals surface area contributed by atoms with Crippen molar-refractivity contribution >= 4 is 11.3 Å². The Hall–Kier alpha value is -3.15. The van der Waals surface area contributed by atoms with E-state index in [0.29, 0.717) is 35.7 Å². The molecule has 0 fully saturated rings. The summed E-state index contributed by atoms with van der Waals surface area (Å²) in [5.74, 6) is 0.860. The smallest absolute Gasteiger partial charge is 0.416 e. The summed E-state index contributed by atoms with van der Waals surface area (Å²) in [7, 11) is 1.59. The lowest BCUT2D eigenvalue weighted by atomic mass is 10.0. The number of nitrogens with one attached hydrogen (secondary N) is 1. The van der Waals surface area contributed by atoms with E-state index in [2.05, 4.69) is 4.72 Å². The van der Waals surface area contributed by atoms with Crippen molar-refractivity contribution in [2.75, 3.05) is 13.2 Å². The molecule has 0 aliphatic carbocycles. The van der Waals surface area contributed by atoms with Crippen LogP contribution in [0.4, 0.5) is 13.2 Å². The van der Waals surface area contributed by atoms with Gasteiger partial charge in [-0.3, -0.25) is 9.35 Å². The number of ether oxygens (including phenoxy) is 2. The van der Waals surface area contributed by atoms with Gasteiger partial charge in [0.15, 0.2) is 0 Å². The summed E-state index contributed by atoms with van der Waals surface area (Å²) < 4.78 is 73.8. The molecular weight excluding hydrogens is 473 g/mol. The molecule has 1 unspecified atom stereocenters. The van der Waals surface area contributed by atoms with Gasteiger partial charge < -0.3 is 14.0 Å². The molecule has 0 aliphatic rings. The molecule has 7 nitrogen and oxygen atoms in total. The number of alkyl halides is 3. The summed E-state index contributed by atoms with van der Waals surface area (Å²) in [6.45, 7) is 2.31. The quantitative estimate of drug-likeness (QED) is 0.425. The van der Waals surface area contributed by atoms with Crippen LogP contribution in [0.1, 0.15) is 18.1 Å². The van der Waals surface area contributed by atoms with Crippen LogP contribution in [0.25, 0.3) is 11.1 Å². The normalized spacial score (nSPS) is 12.4. The van der Waals surface area contributed by atoms with Gasteiger partial charge in [0, 0.05) is 37.0 Å². The van der Waals surface area contributed by atoms with Crippen molar-refractivity contribution in [3.05, 3.63) is 76.2 Å². The monoisotopic (exact) mass is 496 g/mol. The molecule has 11 heteroatoms. The van der Waals surface area contributed by atoms with E-state index in [1.165, 1.54) is 22.8 Å². The van der Waals surface area contributed by atoms with Gasteiger partial charge in [-0.1, -0.05) is 6.07 Å². The zero-order chi connectivity index (χ0) is 24.9. The molecule has 3 rings (SSSR count). The highest BCUT2D eigenvalue weighted by Crippen LogP contribution is 2.39. The fourth-order valence-corrected chi connectivity index (χ4v) is 3.52. The fourth-order valence-electron chi connectivity index (χ4n) is 3.24. The summed E-state index contributed by atoms with van der Waals surface area (Å²) >= 11 is -2.14. The zero-order valence-corrected chi connectivity index (χ0v) is 19.2. The second-order valence-corrected chi connectivity index (χ2v) is 8.07. The maximum atomic E-state index is 12.9. The molecular formula is C23H23F3N2O5S. The van der Waals surface area contributed by atoms with Gasteiger partial charge in [0.1, 0.15) is 17.2 Å². The molecule has 0 amide bonds. The zero-order valence-electron chi connectivity index (χ0n) is 18.4. The van der Waals surface area contributed by atoms with Crippen molar-refractivity contribution in [2.45, 2.75) is 19.5 Å². The largest absolute Gasteiger partial charge is 0.493 e. The number of aromatic nitrogens is 1. The predicted molar refractivity (Wildman–Crippen MR) is 122 cm³/mol. The van der Waals surface area contributed by atoms with Gasteiger partial charge in [0.2, 0.25) is 11.3 Å². The predicted octanol–water partition coefficient (Wildman–Crippen LogP) is 4.53. The van der Waals surface area contributed by atoms with Gasteiger partial charge >= 0.3 is 6.18 Å². The van der Waals surface area contributed by atoms with Crippen LogP contribution in [0.3, 0.4) is 0 Å². The fraction of sp³-hybridized carbons (Fsp3) is 0.261. The van der Waals surface area contributed by atoms with Crippen LogP contribution in [-0.2, 0) is 30.9 Å². The summed E-state index contributed by atoms with van der Waals surface area (Å²) in [5, 5.41) is 0. The van der Waals surface area contributed by atoms with Crippen molar-refractivity contribution in [1.82, 2.24) is 9.29 Å². The Balaban J connectivity index is 2.05. The molecule has 34 heavy (non-hydrogen) atoms. The van der Waals surface area contributed by atoms with Crippen molar-refractivity contribution in [2.24, 2.45) is 7.05 Å². The van der Waals surface area contributed by atoms with E-state index in [0.717, 1.165) is 17.7 Å². The first-order chi connectivity index (χ1) is 16.1. The van der Waals surface area contributed by atoms with Crippen LogP contribution in [0.15, 0.2) is 59.5 Å². The molecule has 2 aromatic carbocycles. The van der Waals surface area contributed by atoms with Crippen molar-refractivity contribution in [1.29, 1.82) is 0 Å². The van der Waals surface area contributed by atoms with E-state index < -0.39 is 23.0 Å². The lowest BCUT2D eigenvalue weighted by Crippen LogP contribution is -2.19. The van der Waals surface area contributed by atoms with Gasteiger partial charge in [0.25, 0.3) is 5.56 Å². The molecule has 1 aromatic heterocycles. The Labute approximate surface area is 196 Å². The first-order valence-corrected chi connectivity index (χ1v) is 11.4. The van der Waals surface area contributed by atoms with E-state index in [-0.39, 0.29) is 17.9 Å². The number of nitrogens with zero attached hydrogens (tertiary/aromatic N) is 1. The van der Waals surface area contributed by atoms with Crippen LogP contribution < -0.4 is 19.8 Å². The molecule has 0 aliphatic heterocycles. The molecule has 0 saturated heterocycles. The Kier molecular flexibility index (Phi) is 8.13. The van der Waals surface area contributed by atoms with Crippen LogP contribution in [-0.4, -0.2) is 26.5 Å². The molecule has 3 aromatic rings. The Morgan fingerprint density at radius 2 is 1.76 bits per heavy atom. The highest BCUT2D eigenvalue weighted by Gasteiger charge is 2.30. The van der Waals surface area contributed by atoms with Gasteiger partial charge in [-0.2, -0.15) is 13.2 Å². The lowest BCUT2D eigenvalue weighted by Gasteiger charge is -2.17. The number of rotatable bonds is 9. The van der Waals surface area contributed by atoms with E-state index in [9.17, 15) is 22.2 Å². The topological polar surface area (TPSA) is 89.8 Å². The molecule has 2 N–H and O–H groups in total.